The zero-order valence-corrected chi connectivity index (χ0v) is 28.0. The fraction of sp³-hybridized carbons (Fsp3) is 0.100. The van der Waals surface area contributed by atoms with Crippen molar-refractivity contribution in [1.82, 2.24) is 18.8 Å². The molecule has 0 spiro atoms. The number of imidazole rings is 2. The van der Waals surface area contributed by atoms with Crippen LogP contribution in [0.25, 0.3) is 65.9 Å². The molecule has 0 aliphatic heterocycles. The average Bonchev–Trinajstić information content (AvgIpc) is 3.71. The summed E-state index contributed by atoms with van der Waals surface area (Å²) >= 11 is 0. The number of ether oxygens (including phenoxy) is 1. The van der Waals surface area contributed by atoms with Gasteiger partial charge in [-0.1, -0.05) is 88.3 Å². The van der Waals surface area contributed by atoms with Crippen molar-refractivity contribution in [2.75, 3.05) is 0 Å². The van der Waals surface area contributed by atoms with Crippen LogP contribution in [0.2, 0.25) is 0 Å². The van der Waals surface area contributed by atoms with Gasteiger partial charge in [0.25, 0.3) is 0 Å². The van der Waals surface area contributed by atoms with Crippen LogP contribution in [0, 0.1) is 39.8 Å². The third-order valence-corrected chi connectivity index (χ3v) is 9.24. The van der Waals surface area contributed by atoms with E-state index in [1.165, 1.54) is 33.2 Å². The summed E-state index contributed by atoms with van der Waals surface area (Å²) in [5.41, 5.74) is 11.2. The first-order valence-corrected chi connectivity index (χ1v) is 15.2. The van der Waals surface area contributed by atoms with Gasteiger partial charge in [0.15, 0.2) is 0 Å². The fourth-order valence-corrected chi connectivity index (χ4v) is 6.95. The smallest absolute Gasteiger partial charge is 0.497 e. The number of benzene rings is 5. The molecular formula is C40H28N4OPt. The van der Waals surface area contributed by atoms with Gasteiger partial charge in [-0.3, -0.25) is 9.97 Å². The molecule has 0 unspecified atom stereocenters. The van der Waals surface area contributed by atoms with Crippen molar-refractivity contribution in [3.63, 3.8) is 0 Å². The number of hydrogen-bond acceptors (Lipinski definition) is 3. The summed E-state index contributed by atoms with van der Waals surface area (Å²) in [4.78, 5) is 9.67. The number of pyridine rings is 2. The number of hydrogen-bond donors (Lipinski definition) is 0. The average molecular weight is 776 g/mol. The summed E-state index contributed by atoms with van der Waals surface area (Å²) < 4.78 is 10.9. The van der Waals surface area contributed by atoms with E-state index in [1.807, 2.05) is 30.7 Å². The minimum Gasteiger partial charge on any atom is -0.497 e. The number of para-hydroxylation sites is 1. The van der Waals surface area contributed by atoms with E-state index in [0.29, 0.717) is 11.5 Å². The summed E-state index contributed by atoms with van der Waals surface area (Å²) in [6.45, 7) is 8.62. The molecule has 0 saturated heterocycles. The molecule has 0 N–H and O–H groups in total. The molecule has 0 amide bonds. The quantitative estimate of drug-likeness (QED) is 0.133. The third-order valence-electron chi connectivity index (χ3n) is 9.24. The van der Waals surface area contributed by atoms with Gasteiger partial charge >= 0.3 is 21.1 Å². The van der Waals surface area contributed by atoms with Gasteiger partial charge in [0.1, 0.15) is 0 Å². The molecule has 46 heavy (non-hydrogen) atoms. The van der Waals surface area contributed by atoms with Gasteiger partial charge < -0.3 is 13.5 Å². The monoisotopic (exact) mass is 775 g/mol. The van der Waals surface area contributed by atoms with Crippen molar-refractivity contribution in [2.24, 2.45) is 0 Å². The predicted molar refractivity (Wildman–Crippen MR) is 183 cm³/mol. The molecule has 0 saturated carbocycles. The molecule has 0 fully saturated rings. The Bertz CT molecular complexity index is 2660. The van der Waals surface area contributed by atoms with Crippen molar-refractivity contribution in [2.45, 2.75) is 27.7 Å². The van der Waals surface area contributed by atoms with Gasteiger partial charge in [-0.2, -0.15) is 0 Å². The first-order chi connectivity index (χ1) is 22.0. The van der Waals surface area contributed by atoms with Gasteiger partial charge in [-0.05, 0) is 72.9 Å². The van der Waals surface area contributed by atoms with Crippen molar-refractivity contribution >= 4 is 54.6 Å². The van der Waals surface area contributed by atoms with Crippen LogP contribution < -0.4 is 4.74 Å². The first kappa shape index (κ1) is 28.5. The number of nitrogens with zero attached hydrogens (tertiary/aromatic N) is 4. The van der Waals surface area contributed by atoms with E-state index < -0.39 is 0 Å². The van der Waals surface area contributed by atoms with Gasteiger partial charge in [0.2, 0.25) is 0 Å². The van der Waals surface area contributed by atoms with Crippen LogP contribution in [-0.2, 0) is 21.1 Å². The Balaban J connectivity index is 0.00000312. The molecule has 4 heterocycles. The van der Waals surface area contributed by atoms with Gasteiger partial charge in [-0.15, -0.1) is 12.1 Å². The van der Waals surface area contributed by atoms with E-state index in [9.17, 15) is 0 Å². The normalized spacial score (nSPS) is 11.7. The van der Waals surface area contributed by atoms with Crippen LogP contribution in [0.3, 0.4) is 0 Å². The molecule has 5 aromatic carbocycles. The van der Waals surface area contributed by atoms with Crippen molar-refractivity contribution < 1.29 is 25.8 Å². The van der Waals surface area contributed by atoms with E-state index in [0.717, 1.165) is 55.0 Å². The standard InChI is InChI=1S/C40H28N4O.Pt/c1-23-8-7-9-24(2)38(23)37-22-42-40-34-21-28(12-14-29(34)31-10-5-6-11-35(31)44(37)40)45-27-13-15-30-32-18-25(3)26(4)19-36(32)43-17-16-41-39(43)33(30)20-27;/h5-19,22H,1-4H3;/q-2;+2. The van der Waals surface area contributed by atoms with E-state index in [1.54, 1.807) is 0 Å². The molecule has 0 aliphatic rings. The van der Waals surface area contributed by atoms with Crippen LogP contribution in [-0.4, -0.2) is 18.8 Å². The molecule has 6 heteroatoms. The Morgan fingerprint density at radius 1 is 0.609 bits per heavy atom. The molecule has 0 atom stereocenters. The van der Waals surface area contributed by atoms with Crippen LogP contribution in [0.15, 0.2) is 97.5 Å². The minimum absolute atomic E-state index is 0. The van der Waals surface area contributed by atoms with E-state index >= 15 is 0 Å². The molecule has 224 valence electrons. The van der Waals surface area contributed by atoms with E-state index in [-0.39, 0.29) is 21.1 Å². The Kier molecular flexibility index (Phi) is 6.52. The zero-order chi connectivity index (χ0) is 30.4. The number of aromatic nitrogens is 4. The largest absolute Gasteiger partial charge is 2.00 e. The summed E-state index contributed by atoms with van der Waals surface area (Å²) in [6, 6.07) is 34.7. The summed E-state index contributed by atoms with van der Waals surface area (Å²) in [7, 11) is 0. The Labute approximate surface area is 280 Å². The number of fused-ring (bicyclic) bond motifs is 12. The molecular weight excluding hydrogens is 748 g/mol. The Morgan fingerprint density at radius 2 is 1.28 bits per heavy atom. The van der Waals surface area contributed by atoms with Crippen molar-refractivity contribution in [3.05, 3.63) is 132 Å². The minimum atomic E-state index is 0. The van der Waals surface area contributed by atoms with Gasteiger partial charge in [0.05, 0.1) is 17.0 Å². The maximum atomic E-state index is 6.48. The molecule has 0 aliphatic carbocycles. The van der Waals surface area contributed by atoms with Gasteiger partial charge in [-0.25, -0.2) is 0 Å². The summed E-state index contributed by atoms with van der Waals surface area (Å²) in [6.07, 6.45) is 5.84. The molecule has 9 aromatic rings. The third kappa shape index (κ3) is 4.12. The molecule has 5 nitrogen and oxygen atoms in total. The molecule has 0 bridgehead atoms. The SMILES string of the molecule is Cc1cc2c3ccc(Oc4[c-]c5c(cc4)c4ccccc4n4c(-c6c(C)cccc6C)cnc54)[c-]c3c3nccn3c2cc1C.[Pt+2]. The van der Waals surface area contributed by atoms with E-state index in [2.05, 4.69) is 115 Å². The maximum Gasteiger partial charge on any atom is 2.00 e. The summed E-state index contributed by atoms with van der Waals surface area (Å²) in [5, 5.41) is 6.34. The molecule has 4 aromatic heterocycles. The second-order valence-corrected chi connectivity index (χ2v) is 12.0. The van der Waals surface area contributed by atoms with Crippen molar-refractivity contribution in [1.29, 1.82) is 0 Å². The fourth-order valence-electron chi connectivity index (χ4n) is 6.95. The van der Waals surface area contributed by atoms with Crippen LogP contribution in [0.5, 0.6) is 11.5 Å². The Hall–Kier alpha value is -4.99. The van der Waals surface area contributed by atoms with Crippen LogP contribution >= 0.6 is 0 Å². The second kappa shape index (κ2) is 10.5. The first-order valence-electron chi connectivity index (χ1n) is 15.2. The van der Waals surface area contributed by atoms with Crippen LogP contribution in [0.4, 0.5) is 0 Å². The second-order valence-electron chi connectivity index (χ2n) is 12.0. The molecule has 9 rings (SSSR count). The van der Waals surface area contributed by atoms with E-state index in [4.69, 9.17) is 14.7 Å². The predicted octanol–water partition coefficient (Wildman–Crippen LogP) is 9.89. The zero-order valence-electron chi connectivity index (χ0n) is 25.8. The molecule has 0 radical (unpaired) electrons. The van der Waals surface area contributed by atoms with Crippen molar-refractivity contribution in [3.8, 4) is 22.8 Å². The topological polar surface area (TPSA) is 43.8 Å². The summed E-state index contributed by atoms with van der Waals surface area (Å²) in [5.74, 6) is 1.22. The van der Waals surface area contributed by atoms with Crippen LogP contribution in [0.1, 0.15) is 22.3 Å². The Morgan fingerprint density at radius 3 is 2.04 bits per heavy atom. The number of aryl methyl sites for hydroxylation is 4. The number of rotatable bonds is 3. The maximum absolute atomic E-state index is 6.48. The van der Waals surface area contributed by atoms with Gasteiger partial charge in [0, 0.05) is 46.7 Å².